The molecule has 0 spiro atoms. The number of rotatable bonds is 10. The van der Waals surface area contributed by atoms with Crippen LogP contribution in [0.3, 0.4) is 0 Å². The smallest absolute Gasteiger partial charge is 0.305 e. The van der Waals surface area contributed by atoms with Gasteiger partial charge in [0.1, 0.15) is 0 Å². The van der Waals surface area contributed by atoms with Crippen LogP contribution in [0.15, 0.2) is 83.4 Å². The van der Waals surface area contributed by atoms with E-state index in [1.165, 1.54) is 7.11 Å². The molecule has 5 heteroatoms. The number of methoxy groups -OCH3 is 1. The number of aliphatic hydroxyl groups excluding tert-OH is 1. The number of aryl methyl sites for hydroxylation is 2. The predicted molar refractivity (Wildman–Crippen MR) is 137 cm³/mol. The molecule has 0 aliphatic carbocycles. The second kappa shape index (κ2) is 11.6. The van der Waals surface area contributed by atoms with E-state index in [2.05, 4.69) is 35.5 Å². The Bertz CT molecular complexity index is 1250. The fraction of sp³-hybridized carbons (Fsp3) is 0.267. The molecule has 0 amide bonds. The van der Waals surface area contributed by atoms with Gasteiger partial charge in [0.05, 0.1) is 18.9 Å². The van der Waals surface area contributed by atoms with Crippen LogP contribution in [0.5, 0.6) is 0 Å². The van der Waals surface area contributed by atoms with Gasteiger partial charge in [0, 0.05) is 17.5 Å². The number of hydrogen-bond acceptors (Lipinski definition) is 5. The normalized spacial score (nSPS) is 11.9. The Kier molecular flexibility index (Phi) is 8.11. The van der Waals surface area contributed by atoms with Crippen molar-refractivity contribution < 1.29 is 19.2 Å². The maximum Gasteiger partial charge on any atom is 0.305 e. The average Bonchev–Trinajstić information content (AvgIpc) is 3.28. The van der Waals surface area contributed by atoms with Gasteiger partial charge < -0.3 is 14.4 Å². The highest BCUT2D eigenvalue weighted by atomic mass is 16.5. The first kappa shape index (κ1) is 24.4. The van der Waals surface area contributed by atoms with Crippen molar-refractivity contribution in [1.82, 2.24) is 5.16 Å². The molecule has 3 aromatic carbocycles. The minimum absolute atomic E-state index is 0.209. The molecule has 0 bridgehead atoms. The van der Waals surface area contributed by atoms with E-state index in [0.29, 0.717) is 19.3 Å². The van der Waals surface area contributed by atoms with E-state index >= 15 is 0 Å². The molecular weight excluding hydrogens is 438 g/mol. The maximum atomic E-state index is 11.6. The van der Waals surface area contributed by atoms with Gasteiger partial charge in [-0.3, -0.25) is 4.79 Å². The summed E-state index contributed by atoms with van der Waals surface area (Å²) in [6, 6.07) is 26.1. The van der Waals surface area contributed by atoms with Gasteiger partial charge in [-0.2, -0.15) is 0 Å². The van der Waals surface area contributed by atoms with Crippen molar-refractivity contribution in [2.24, 2.45) is 0 Å². The number of carbonyl (C=O) groups is 1. The van der Waals surface area contributed by atoms with Crippen molar-refractivity contribution in [3.05, 3.63) is 101 Å². The van der Waals surface area contributed by atoms with Gasteiger partial charge in [-0.05, 0) is 54.9 Å². The Hall–Kier alpha value is -3.70. The summed E-state index contributed by atoms with van der Waals surface area (Å²) in [5.41, 5.74) is 7.17. The van der Waals surface area contributed by atoms with Crippen LogP contribution in [0.2, 0.25) is 0 Å². The first-order chi connectivity index (χ1) is 17.1. The third-order valence-electron chi connectivity index (χ3n) is 6.37. The molecule has 5 nitrogen and oxygen atoms in total. The third kappa shape index (κ3) is 6.06. The standard InChI is InChI=1S/C30H31NO4/c1-21-26(13-8-14-28(32)24-10-4-3-5-11-24)30(35-31-21)25-17-15-23(16-18-25)27-12-7-6-9-22(27)19-20-29(33)34-2/h3-7,9-12,15-18,28,32H,8,13-14,19-20H2,1-2H3. The Labute approximate surface area is 206 Å². The van der Waals surface area contributed by atoms with Gasteiger partial charge in [-0.25, -0.2) is 0 Å². The van der Waals surface area contributed by atoms with Gasteiger partial charge in [0.2, 0.25) is 0 Å². The molecule has 0 radical (unpaired) electrons. The highest BCUT2D eigenvalue weighted by molar-refractivity contribution is 5.73. The van der Waals surface area contributed by atoms with Crippen LogP contribution in [0.4, 0.5) is 0 Å². The minimum atomic E-state index is -0.474. The van der Waals surface area contributed by atoms with Gasteiger partial charge in [0.25, 0.3) is 0 Å². The second-order valence-corrected chi connectivity index (χ2v) is 8.71. The minimum Gasteiger partial charge on any atom is -0.469 e. The van der Waals surface area contributed by atoms with Crippen molar-refractivity contribution in [2.45, 2.75) is 45.1 Å². The van der Waals surface area contributed by atoms with Crippen molar-refractivity contribution in [1.29, 1.82) is 0 Å². The fourth-order valence-electron chi connectivity index (χ4n) is 4.38. The number of aliphatic hydroxyl groups is 1. The van der Waals surface area contributed by atoms with Crippen LogP contribution >= 0.6 is 0 Å². The molecule has 1 unspecified atom stereocenters. The molecule has 180 valence electrons. The number of aromatic nitrogens is 1. The molecule has 0 aliphatic rings. The van der Waals surface area contributed by atoms with E-state index < -0.39 is 6.10 Å². The lowest BCUT2D eigenvalue weighted by Crippen LogP contribution is -2.02. The molecule has 1 aromatic heterocycles. The summed E-state index contributed by atoms with van der Waals surface area (Å²) >= 11 is 0. The molecule has 0 aliphatic heterocycles. The topological polar surface area (TPSA) is 72.6 Å². The quantitative estimate of drug-likeness (QED) is 0.269. The average molecular weight is 470 g/mol. The number of hydrogen-bond donors (Lipinski definition) is 1. The first-order valence-corrected chi connectivity index (χ1v) is 12.0. The summed E-state index contributed by atoms with van der Waals surface area (Å²) in [6.07, 6.45) is 2.80. The SMILES string of the molecule is COC(=O)CCc1ccccc1-c1ccc(-c2onc(C)c2CCCC(O)c2ccccc2)cc1. The summed E-state index contributed by atoms with van der Waals surface area (Å²) < 4.78 is 10.5. The summed E-state index contributed by atoms with van der Waals surface area (Å²) in [7, 11) is 1.41. The maximum absolute atomic E-state index is 11.6. The zero-order valence-corrected chi connectivity index (χ0v) is 20.2. The molecular formula is C30H31NO4. The molecule has 0 fully saturated rings. The van der Waals surface area contributed by atoms with Crippen LogP contribution < -0.4 is 0 Å². The van der Waals surface area contributed by atoms with Gasteiger partial charge in [0.15, 0.2) is 5.76 Å². The fourth-order valence-corrected chi connectivity index (χ4v) is 4.38. The van der Waals surface area contributed by atoms with Crippen LogP contribution in [0, 0.1) is 6.92 Å². The summed E-state index contributed by atoms with van der Waals surface area (Å²) in [5, 5.41) is 14.7. The lowest BCUT2D eigenvalue weighted by atomic mass is 9.94. The predicted octanol–water partition coefficient (Wildman–Crippen LogP) is 6.48. The number of nitrogens with zero attached hydrogens (tertiary/aromatic N) is 1. The summed E-state index contributed by atoms with van der Waals surface area (Å²) in [5.74, 6) is 0.571. The molecule has 1 N–H and O–H groups in total. The Balaban J connectivity index is 1.47. The first-order valence-electron chi connectivity index (χ1n) is 12.0. The Morgan fingerprint density at radius 1 is 0.943 bits per heavy atom. The van der Waals surface area contributed by atoms with E-state index in [9.17, 15) is 9.90 Å². The van der Waals surface area contributed by atoms with Crippen LogP contribution in [-0.4, -0.2) is 23.3 Å². The van der Waals surface area contributed by atoms with Gasteiger partial charge >= 0.3 is 5.97 Å². The molecule has 35 heavy (non-hydrogen) atoms. The third-order valence-corrected chi connectivity index (χ3v) is 6.37. The lowest BCUT2D eigenvalue weighted by Gasteiger charge is -2.11. The Morgan fingerprint density at radius 3 is 2.37 bits per heavy atom. The largest absolute Gasteiger partial charge is 0.469 e. The van der Waals surface area contributed by atoms with Crippen molar-refractivity contribution in [2.75, 3.05) is 7.11 Å². The number of benzene rings is 3. The monoisotopic (exact) mass is 469 g/mol. The molecule has 1 heterocycles. The van der Waals surface area contributed by atoms with Gasteiger partial charge in [-0.1, -0.05) is 84.0 Å². The van der Waals surface area contributed by atoms with Gasteiger partial charge in [-0.15, -0.1) is 0 Å². The second-order valence-electron chi connectivity index (χ2n) is 8.71. The van der Waals surface area contributed by atoms with E-state index in [1.807, 2.05) is 55.5 Å². The number of esters is 1. The van der Waals surface area contributed by atoms with Crippen LogP contribution in [0.1, 0.15) is 47.8 Å². The van der Waals surface area contributed by atoms with E-state index in [0.717, 1.165) is 57.7 Å². The number of ether oxygens (including phenoxy) is 1. The molecule has 0 saturated heterocycles. The number of carbonyl (C=O) groups excluding carboxylic acids is 1. The lowest BCUT2D eigenvalue weighted by molar-refractivity contribution is -0.140. The van der Waals surface area contributed by atoms with E-state index in [4.69, 9.17) is 9.26 Å². The highest BCUT2D eigenvalue weighted by Crippen LogP contribution is 2.32. The van der Waals surface area contributed by atoms with E-state index in [1.54, 1.807) is 0 Å². The Morgan fingerprint density at radius 2 is 1.63 bits per heavy atom. The zero-order chi connectivity index (χ0) is 24.6. The van der Waals surface area contributed by atoms with Crippen molar-refractivity contribution >= 4 is 5.97 Å². The van der Waals surface area contributed by atoms with Crippen molar-refractivity contribution in [3.63, 3.8) is 0 Å². The molecule has 4 rings (SSSR count). The molecule has 0 saturated carbocycles. The van der Waals surface area contributed by atoms with Crippen LogP contribution in [0.25, 0.3) is 22.5 Å². The molecule has 1 atom stereocenters. The molecule has 4 aromatic rings. The summed E-state index contributed by atoms with van der Waals surface area (Å²) in [6.45, 7) is 1.96. The van der Waals surface area contributed by atoms with Crippen LogP contribution in [-0.2, 0) is 22.4 Å². The van der Waals surface area contributed by atoms with E-state index in [-0.39, 0.29) is 5.97 Å². The zero-order valence-electron chi connectivity index (χ0n) is 20.2. The summed E-state index contributed by atoms with van der Waals surface area (Å²) in [4.78, 5) is 11.6. The van der Waals surface area contributed by atoms with Crippen molar-refractivity contribution in [3.8, 4) is 22.5 Å². The highest BCUT2D eigenvalue weighted by Gasteiger charge is 2.16.